The van der Waals surface area contributed by atoms with Gasteiger partial charge in [-0.05, 0) is 48.5 Å². The van der Waals surface area contributed by atoms with E-state index in [1.165, 1.54) is 20.3 Å². The third-order valence-electron chi connectivity index (χ3n) is 4.21. The first-order valence-corrected chi connectivity index (χ1v) is 9.27. The van der Waals surface area contributed by atoms with Gasteiger partial charge in [-0.2, -0.15) is 0 Å². The number of rotatable bonds is 5. The Hall–Kier alpha value is -3.33. The van der Waals surface area contributed by atoms with Crippen LogP contribution in [-0.2, 0) is 19.1 Å². The number of hydrogen-bond acceptors (Lipinski definition) is 8. The molecule has 9 heteroatoms. The third-order valence-corrected chi connectivity index (χ3v) is 5.12. The predicted octanol–water partition coefficient (Wildman–Crippen LogP) is 3.25. The monoisotopic (exact) mass is 415 g/mol. The van der Waals surface area contributed by atoms with Crippen molar-refractivity contribution in [3.05, 3.63) is 52.1 Å². The Kier molecular flexibility index (Phi) is 5.88. The standard InChI is InChI=1S/C20H17NO7S/c1-11-4-5-12(19(24)27-3)8-14(11)15-7-6-13(28-15)9-16-18(23)21(20(25)29-16)10-17(22)26-2/h4-9H,10H2,1-3H3. The summed E-state index contributed by atoms with van der Waals surface area (Å²) in [5, 5.41) is -0.556. The van der Waals surface area contributed by atoms with Gasteiger partial charge >= 0.3 is 11.9 Å². The number of aryl methyl sites for hydroxylation is 1. The van der Waals surface area contributed by atoms with Gasteiger partial charge < -0.3 is 13.9 Å². The van der Waals surface area contributed by atoms with E-state index >= 15 is 0 Å². The van der Waals surface area contributed by atoms with Crippen molar-refractivity contribution >= 4 is 40.9 Å². The van der Waals surface area contributed by atoms with Gasteiger partial charge in [0.1, 0.15) is 18.1 Å². The van der Waals surface area contributed by atoms with Crippen LogP contribution < -0.4 is 0 Å². The van der Waals surface area contributed by atoms with Crippen LogP contribution in [0.15, 0.2) is 39.7 Å². The van der Waals surface area contributed by atoms with Gasteiger partial charge in [-0.1, -0.05) is 6.07 Å². The topological polar surface area (TPSA) is 103 Å². The molecule has 1 aromatic heterocycles. The number of hydrogen-bond donors (Lipinski definition) is 0. The van der Waals surface area contributed by atoms with Crippen LogP contribution in [0.1, 0.15) is 21.7 Å². The molecule has 0 bridgehead atoms. The molecule has 0 aliphatic carbocycles. The lowest BCUT2D eigenvalue weighted by Crippen LogP contribution is -2.34. The molecule has 0 radical (unpaired) electrons. The van der Waals surface area contributed by atoms with Crippen LogP contribution in [0.3, 0.4) is 0 Å². The molecule has 1 fully saturated rings. The summed E-state index contributed by atoms with van der Waals surface area (Å²) in [5.41, 5.74) is 1.97. The van der Waals surface area contributed by atoms with Gasteiger partial charge in [0.2, 0.25) is 0 Å². The fraction of sp³-hybridized carbons (Fsp3) is 0.200. The Balaban J connectivity index is 1.86. The highest BCUT2D eigenvalue weighted by Gasteiger charge is 2.36. The lowest BCUT2D eigenvalue weighted by molar-refractivity contribution is -0.143. The van der Waals surface area contributed by atoms with Crippen molar-refractivity contribution in [1.29, 1.82) is 0 Å². The zero-order valence-electron chi connectivity index (χ0n) is 15.9. The first kappa shape index (κ1) is 20.4. The van der Waals surface area contributed by atoms with Gasteiger partial charge in [0, 0.05) is 11.6 Å². The average Bonchev–Trinajstić information content (AvgIpc) is 3.27. The van der Waals surface area contributed by atoms with Crippen molar-refractivity contribution in [2.75, 3.05) is 20.8 Å². The minimum atomic E-state index is -0.685. The van der Waals surface area contributed by atoms with Crippen LogP contribution in [0.25, 0.3) is 17.4 Å². The number of amides is 2. The lowest BCUT2D eigenvalue weighted by Gasteiger charge is -2.09. The molecule has 0 saturated carbocycles. The van der Waals surface area contributed by atoms with Crippen LogP contribution in [0, 0.1) is 6.92 Å². The maximum Gasteiger partial charge on any atom is 0.337 e. The molecule has 150 valence electrons. The second-order valence-electron chi connectivity index (χ2n) is 6.07. The van der Waals surface area contributed by atoms with E-state index < -0.39 is 29.6 Å². The van der Waals surface area contributed by atoms with Crippen LogP contribution >= 0.6 is 11.8 Å². The lowest BCUT2D eigenvalue weighted by atomic mass is 10.0. The number of benzene rings is 1. The first-order chi connectivity index (χ1) is 13.8. The second-order valence-corrected chi connectivity index (χ2v) is 7.06. The minimum Gasteiger partial charge on any atom is -0.468 e. The van der Waals surface area contributed by atoms with Gasteiger partial charge in [-0.15, -0.1) is 0 Å². The summed E-state index contributed by atoms with van der Waals surface area (Å²) in [7, 11) is 2.49. The summed E-state index contributed by atoms with van der Waals surface area (Å²) in [6.07, 6.45) is 1.44. The Labute approximate surface area is 170 Å². The van der Waals surface area contributed by atoms with E-state index in [1.807, 2.05) is 6.92 Å². The van der Waals surface area contributed by atoms with Crippen LogP contribution in [0.5, 0.6) is 0 Å². The summed E-state index contributed by atoms with van der Waals surface area (Å²) in [5.74, 6) is -0.890. The van der Waals surface area contributed by atoms with Crippen LogP contribution in [-0.4, -0.2) is 48.7 Å². The molecular formula is C20H17NO7S. The maximum atomic E-state index is 12.4. The predicted molar refractivity (Wildman–Crippen MR) is 105 cm³/mol. The molecule has 1 aliphatic rings. The molecule has 29 heavy (non-hydrogen) atoms. The number of nitrogens with zero attached hydrogens (tertiary/aromatic N) is 1. The summed E-state index contributed by atoms with van der Waals surface area (Å²) in [6.45, 7) is 1.43. The van der Waals surface area contributed by atoms with Gasteiger partial charge in [0.05, 0.1) is 24.7 Å². The second kappa shape index (κ2) is 8.36. The Morgan fingerprint density at radius 1 is 1.14 bits per heavy atom. The molecule has 0 N–H and O–H groups in total. The molecular weight excluding hydrogens is 398 g/mol. The third kappa shape index (κ3) is 4.24. The van der Waals surface area contributed by atoms with Crippen molar-refractivity contribution in [3.8, 4) is 11.3 Å². The highest BCUT2D eigenvalue weighted by molar-refractivity contribution is 8.18. The number of carbonyl (C=O) groups is 4. The van der Waals surface area contributed by atoms with Crippen LogP contribution in [0.2, 0.25) is 0 Å². The fourth-order valence-corrected chi connectivity index (χ4v) is 3.48. The van der Waals surface area contributed by atoms with Gasteiger partial charge in [0.25, 0.3) is 11.1 Å². The van der Waals surface area contributed by atoms with E-state index in [9.17, 15) is 19.2 Å². The number of ether oxygens (including phenoxy) is 2. The Bertz CT molecular complexity index is 1040. The molecule has 1 aromatic carbocycles. The molecule has 2 aromatic rings. The minimum absolute atomic E-state index is 0.139. The highest BCUT2D eigenvalue weighted by Crippen LogP contribution is 2.34. The molecule has 2 heterocycles. The summed E-state index contributed by atoms with van der Waals surface area (Å²) < 4.78 is 15.0. The average molecular weight is 415 g/mol. The smallest absolute Gasteiger partial charge is 0.337 e. The van der Waals surface area contributed by atoms with Gasteiger partial charge in [-0.25, -0.2) is 4.79 Å². The normalized spacial score (nSPS) is 15.1. The van der Waals surface area contributed by atoms with E-state index in [0.29, 0.717) is 34.4 Å². The summed E-state index contributed by atoms with van der Waals surface area (Å²) >= 11 is 0.716. The van der Waals surface area contributed by atoms with Crippen molar-refractivity contribution in [3.63, 3.8) is 0 Å². The largest absolute Gasteiger partial charge is 0.468 e. The zero-order valence-corrected chi connectivity index (χ0v) is 16.7. The number of methoxy groups -OCH3 is 2. The summed E-state index contributed by atoms with van der Waals surface area (Å²) in [6, 6.07) is 8.45. The molecule has 1 aliphatic heterocycles. The molecule has 3 rings (SSSR count). The number of carbonyl (C=O) groups excluding carboxylic acids is 4. The molecule has 8 nitrogen and oxygen atoms in total. The van der Waals surface area contributed by atoms with E-state index in [1.54, 1.807) is 30.3 Å². The SMILES string of the molecule is COC(=O)CN1C(=O)SC(=Cc2ccc(-c3cc(C(=O)OC)ccc3C)o2)C1=O. The van der Waals surface area contributed by atoms with E-state index in [-0.39, 0.29) is 4.91 Å². The highest BCUT2D eigenvalue weighted by atomic mass is 32.2. The van der Waals surface area contributed by atoms with Crippen molar-refractivity contribution in [2.24, 2.45) is 0 Å². The Morgan fingerprint density at radius 2 is 1.90 bits per heavy atom. The number of thioether (sulfide) groups is 1. The molecule has 1 saturated heterocycles. The number of imide groups is 1. The van der Waals surface area contributed by atoms with Crippen molar-refractivity contribution in [1.82, 2.24) is 4.90 Å². The van der Waals surface area contributed by atoms with Gasteiger partial charge in [0.15, 0.2) is 0 Å². The van der Waals surface area contributed by atoms with Crippen LogP contribution in [0.4, 0.5) is 4.79 Å². The van der Waals surface area contributed by atoms with Gasteiger partial charge in [-0.3, -0.25) is 19.3 Å². The van der Waals surface area contributed by atoms with E-state index in [4.69, 9.17) is 9.15 Å². The van der Waals surface area contributed by atoms with Crippen molar-refractivity contribution in [2.45, 2.75) is 6.92 Å². The number of esters is 2. The molecule has 0 unspecified atom stereocenters. The fourth-order valence-electron chi connectivity index (χ4n) is 2.67. The first-order valence-electron chi connectivity index (χ1n) is 8.45. The Morgan fingerprint density at radius 3 is 2.59 bits per heavy atom. The molecule has 0 atom stereocenters. The summed E-state index contributed by atoms with van der Waals surface area (Å²) in [4.78, 5) is 48.4. The zero-order chi connectivity index (χ0) is 21.1. The molecule has 0 spiro atoms. The van der Waals surface area contributed by atoms with E-state index in [0.717, 1.165) is 10.5 Å². The van der Waals surface area contributed by atoms with E-state index in [2.05, 4.69) is 4.74 Å². The van der Waals surface area contributed by atoms with Crippen molar-refractivity contribution < 1.29 is 33.1 Å². The number of furan rings is 1. The molecule has 2 amide bonds. The maximum absolute atomic E-state index is 12.4. The quantitative estimate of drug-likeness (QED) is 0.542.